The van der Waals surface area contributed by atoms with Gasteiger partial charge in [0.2, 0.25) is 0 Å². The Balaban J connectivity index is 2.09. The first kappa shape index (κ1) is 15.1. The Morgan fingerprint density at radius 1 is 1.35 bits per heavy atom. The van der Waals surface area contributed by atoms with Gasteiger partial charge in [-0.25, -0.2) is 9.78 Å². The van der Waals surface area contributed by atoms with Crippen molar-refractivity contribution in [3.63, 3.8) is 0 Å². The number of aryl methyl sites for hydroxylation is 1. The van der Waals surface area contributed by atoms with Gasteiger partial charge in [-0.1, -0.05) is 6.92 Å². The van der Waals surface area contributed by atoms with E-state index in [-0.39, 0.29) is 16.7 Å². The van der Waals surface area contributed by atoms with E-state index in [0.29, 0.717) is 17.8 Å². The number of H-pyrrole nitrogens is 1. The lowest BCUT2D eigenvalue weighted by molar-refractivity contribution is 0.0695. The number of thiazole rings is 1. The van der Waals surface area contributed by atoms with Crippen molar-refractivity contribution >= 4 is 17.3 Å². The SMILES string of the molecule is CCc1[nH]c(=O)c(-c2csc(-c3ccncc3)n2)cc1C(=O)O. The first-order valence-corrected chi connectivity index (χ1v) is 7.84. The summed E-state index contributed by atoms with van der Waals surface area (Å²) in [7, 11) is 0. The number of nitrogens with zero attached hydrogens (tertiary/aromatic N) is 2. The first-order chi connectivity index (χ1) is 11.1. The van der Waals surface area contributed by atoms with Gasteiger partial charge in [-0.15, -0.1) is 11.3 Å². The van der Waals surface area contributed by atoms with Gasteiger partial charge >= 0.3 is 5.97 Å². The number of aromatic nitrogens is 3. The Hall–Kier alpha value is -2.80. The van der Waals surface area contributed by atoms with E-state index in [2.05, 4.69) is 15.0 Å². The minimum absolute atomic E-state index is 0.0977. The molecule has 23 heavy (non-hydrogen) atoms. The number of hydrogen-bond donors (Lipinski definition) is 2. The van der Waals surface area contributed by atoms with Gasteiger partial charge in [-0.05, 0) is 24.6 Å². The van der Waals surface area contributed by atoms with Crippen LogP contribution in [0.25, 0.3) is 21.8 Å². The van der Waals surface area contributed by atoms with Crippen LogP contribution in [-0.4, -0.2) is 26.0 Å². The summed E-state index contributed by atoms with van der Waals surface area (Å²) in [6.07, 6.45) is 3.78. The topological polar surface area (TPSA) is 95.9 Å². The van der Waals surface area contributed by atoms with Crippen molar-refractivity contribution in [3.05, 3.63) is 57.6 Å². The summed E-state index contributed by atoms with van der Waals surface area (Å²) >= 11 is 1.39. The molecule has 0 amide bonds. The molecular weight excluding hydrogens is 314 g/mol. The Morgan fingerprint density at radius 3 is 2.74 bits per heavy atom. The van der Waals surface area contributed by atoms with Gasteiger partial charge in [0.05, 0.1) is 16.8 Å². The summed E-state index contributed by atoms with van der Waals surface area (Å²) in [5, 5.41) is 11.8. The lowest BCUT2D eigenvalue weighted by Gasteiger charge is -2.05. The molecular formula is C16H13N3O3S. The van der Waals surface area contributed by atoms with Gasteiger partial charge < -0.3 is 10.1 Å². The summed E-state index contributed by atoms with van der Waals surface area (Å²) in [6.45, 7) is 1.79. The van der Waals surface area contributed by atoms with Crippen LogP contribution in [0.1, 0.15) is 23.0 Å². The monoisotopic (exact) mass is 327 g/mol. The molecule has 3 aromatic rings. The molecule has 116 valence electrons. The molecule has 3 aromatic heterocycles. The quantitative estimate of drug-likeness (QED) is 0.768. The minimum Gasteiger partial charge on any atom is -0.478 e. The standard InChI is InChI=1S/C16H13N3O3S/c1-2-12-11(16(21)22)7-10(14(20)18-12)13-8-23-15(19-13)9-3-5-17-6-4-9/h3-8H,2H2,1H3,(H,18,20)(H,21,22). The van der Waals surface area contributed by atoms with Crippen molar-refractivity contribution in [1.29, 1.82) is 0 Å². The minimum atomic E-state index is -1.07. The maximum Gasteiger partial charge on any atom is 0.337 e. The predicted molar refractivity (Wildman–Crippen MR) is 87.7 cm³/mol. The van der Waals surface area contributed by atoms with Crippen LogP contribution < -0.4 is 5.56 Å². The van der Waals surface area contributed by atoms with Gasteiger partial charge in [0, 0.05) is 29.0 Å². The number of rotatable bonds is 4. The average Bonchev–Trinajstić information content (AvgIpc) is 3.04. The zero-order chi connectivity index (χ0) is 16.4. The van der Waals surface area contributed by atoms with E-state index in [1.807, 2.05) is 12.1 Å². The average molecular weight is 327 g/mol. The smallest absolute Gasteiger partial charge is 0.337 e. The highest BCUT2D eigenvalue weighted by molar-refractivity contribution is 7.13. The van der Waals surface area contributed by atoms with Gasteiger partial charge in [0.25, 0.3) is 5.56 Å². The molecule has 0 aliphatic carbocycles. The fourth-order valence-electron chi connectivity index (χ4n) is 2.25. The number of carboxylic acid groups (broad SMARTS) is 1. The molecule has 0 radical (unpaired) electrons. The zero-order valence-corrected chi connectivity index (χ0v) is 13.1. The van der Waals surface area contributed by atoms with Crippen molar-refractivity contribution in [1.82, 2.24) is 15.0 Å². The number of aromatic carboxylic acids is 1. The Morgan fingerprint density at radius 2 is 2.09 bits per heavy atom. The van der Waals surface area contributed by atoms with E-state index in [1.54, 1.807) is 24.7 Å². The molecule has 0 unspecified atom stereocenters. The third-order valence-corrected chi connectivity index (χ3v) is 4.31. The van der Waals surface area contributed by atoms with Crippen LogP contribution in [0.2, 0.25) is 0 Å². The lowest BCUT2D eigenvalue weighted by atomic mass is 10.1. The van der Waals surface area contributed by atoms with E-state index in [1.165, 1.54) is 17.4 Å². The van der Waals surface area contributed by atoms with Crippen molar-refractivity contribution < 1.29 is 9.90 Å². The van der Waals surface area contributed by atoms with Crippen molar-refractivity contribution in [2.24, 2.45) is 0 Å². The molecule has 0 spiro atoms. The second kappa shape index (κ2) is 6.13. The molecule has 0 fully saturated rings. The third kappa shape index (κ3) is 2.91. The number of pyridine rings is 2. The summed E-state index contributed by atoms with van der Waals surface area (Å²) in [5.41, 5.74) is 1.80. The normalized spacial score (nSPS) is 10.7. The van der Waals surface area contributed by atoms with Crippen LogP contribution in [0.5, 0.6) is 0 Å². The summed E-state index contributed by atoms with van der Waals surface area (Å²) in [6, 6.07) is 5.05. The van der Waals surface area contributed by atoms with Gasteiger partial charge in [0.1, 0.15) is 5.01 Å². The van der Waals surface area contributed by atoms with Crippen LogP contribution >= 0.6 is 11.3 Å². The Kier molecular flexibility index (Phi) is 4.03. The van der Waals surface area contributed by atoms with Crippen LogP contribution in [0.3, 0.4) is 0 Å². The van der Waals surface area contributed by atoms with Gasteiger partial charge in [0.15, 0.2) is 0 Å². The highest BCUT2D eigenvalue weighted by Crippen LogP contribution is 2.27. The predicted octanol–water partition coefficient (Wildman–Crippen LogP) is 2.82. The van der Waals surface area contributed by atoms with Gasteiger partial charge in [-0.2, -0.15) is 0 Å². The molecule has 0 saturated heterocycles. The van der Waals surface area contributed by atoms with Crippen molar-refractivity contribution in [3.8, 4) is 21.8 Å². The molecule has 0 atom stereocenters. The molecule has 0 saturated carbocycles. The van der Waals surface area contributed by atoms with E-state index in [9.17, 15) is 14.7 Å². The fourth-order valence-corrected chi connectivity index (χ4v) is 3.08. The Labute approximate surface area is 135 Å². The van der Waals surface area contributed by atoms with Crippen molar-refractivity contribution in [2.75, 3.05) is 0 Å². The molecule has 0 aromatic carbocycles. The molecule has 3 heterocycles. The van der Waals surface area contributed by atoms with E-state index >= 15 is 0 Å². The van der Waals surface area contributed by atoms with Crippen molar-refractivity contribution in [2.45, 2.75) is 13.3 Å². The summed E-state index contributed by atoms with van der Waals surface area (Å²) in [5.74, 6) is -1.07. The Bertz CT molecular complexity index is 916. The molecule has 0 aliphatic heterocycles. The number of nitrogens with one attached hydrogen (secondary N) is 1. The maximum absolute atomic E-state index is 12.2. The second-order valence-electron chi connectivity index (χ2n) is 4.84. The molecule has 3 rings (SSSR count). The molecule has 7 heteroatoms. The van der Waals surface area contributed by atoms with Crippen LogP contribution in [0, 0.1) is 0 Å². The number of carbonyl (C=O) groups is 1. The fraction of sp³-hybridized carbons (Fsp3) is 0.125. The molecule has 0 aliphatic rings. The highest BCUT2D eigenvalue weighted by Gasteiger charge is 2.16. The highest BCUT2D eigenvalue weighted by atomic mass is 32.1. The van der Waals surface area contributed by atoms with Crippen LogP contribution in [0.4, 0.5) is 0 Å². The summed E-state index contributed by atoms with van der Waals surface area (Å²) < 4.78 is 0. The molecule has 2 N–H and O–H groups in total. The van der Waals surface area contributed by atoms with E-state index in [4.69, 9.17) is 0 Å². The number of hydrogen-bond acceptors (Lipinski definition) is 5. The number of aromatic amines is 1. The van der Waals surface area contributed by atoms with E-state index in [0.717, 1.165) is 10.6 Å². The summed E-state index contributed by atoms with van der Waals surface area (Å²) in [4.78, 5) is 34.6. The second-order valence-corrected chi connectivity index (χ2v) is 5.69. The van der Waals surface area contributed by atoms with Crippen LogP contribution in [0.15, 0.2) is 40.8 Å². The maximum atomic E-state index is 12.2. The third-order valence-electron chi connectivity index (χ3n) is 3.41. The first-order valence-electron chi connectivity index (χ1n) is 6.96. The number of carboxylic acids is 1. The lowest BCUT2D eigenvalue weighted by Crippen LogP contribution is -2.16. The van der Waals surface area contributed by atoms with E-state index < -0.39 is 5.97 Å². The zero-order valence-electron chi connectivity index (χ0n) is 12.2. The molecule has 6 nitrogen and oxygen atoms in total. The van der Waals surface area contributed by atoms with Crippen LogP contribution in [-0.2, 0) is 6.42 Å². The van der Waals surface area contributed by atoms with Gasteiger partial charge in [-0.3, -0.25) is 9.78 Å². The molecule has 0 bridgehead atoms. The largest absolute Gasteiger partial charge is 0.478 e.